The Kier molecular flexibility index (Phi) is 5.86. The molecule has 6 heteroatoms. The zero-order chi connectivity index (χ0) is 20.9. The van der Waals surface area contributed by atoms with E-state index in [1.54, 1.807) is 0 Å². The van der Waals surface area contributed by atoms with Gasteiger partial charge in [-0.15, -0.1) is 0 Å². The summed E-state index contributed by atoms with van der Waals surface area (Å²) in [5.74, 6) is -0.416. The summed E-state index contributed by atoms with van der Waals surface area (Å²) in [5.41, 5.74) is 2.43. The lowest BCUT2D eigenvalue weighted by Crippen LogP contribution is -2.37. The summed E-state index contributed by atoms with van der Waals surface area (Å²) < 4.78 is 0. The van der Waals surface area contributed by atoms with E-state index >= 15 is 0 Å². The number of benzene rings is 3. The van der Waals surface area contributed by atoms with Crippen LogP contribution in [0.4, 0.5) is 11.4 Å². The predicted octanol–water partition coefficient (Wildman–Crippen LogP) is 4.22. The quantitative estimate of drug-likeness (QED) is 0.613. The summed E-state index contributed by atoms with van der Waals surface area (Å²) in [4.78, 5) is 29.4. The Morgan fingerprint density at radius 2 is 1.43 bits per heavy atom. The second kappa shape index (κ2) is 8.88. The van der Waals surface area contributed by atoms with Crippen molar-refractivity contribution in [3.05, 3.63) is 96.6 Å². The number of rotatable bonds is 6. The van der Waals surface area contributed by atoms with Crippen molar-refractivity contribution in [3.63, 3.8) is 0 Å². The van der Waals surface area contributed by atoms with Crippen LogP contribution in [0, 0.1) is 0 Å². The largest absolute Gasteiger partial charge is 0.332 e. The number of carbonyl (C=O) groups excluding carboxylic acids is 2. The highest BCUT2D eigenvalue weighted by molar-refractivity contribution is 7.80. The first-order valence-electron chi connectivity index (χ1n) is 9.72. The summed E-state index contributed by atoms with van der Waals surface area (Å²) in [6.45, 7) is 0.456. The van der Waals surface area contributed by atoms with Crippen LogP contribution in [0.3, 0.4) is 0 Å². The fraction of sp³-hybridized carbons (Fsp3) is 0.125. The molecule has 2 amide bonds. The van der Waals surface area contributed by atoms with Gasteiger partial charge in [0.2, 0.25) is 5.91 Å². The Balaban J connectivity index is 1.59. The van der Waals surface area contributed by atoms with Crippen molar-refractivity contribution in [3.8, 4) is 0 Å². The number of amides is 2. The first kappa shape index (κ1) is 19.8. The number of hydrogen-bond acceptors (Lipinski definition) is 3. The lowest BCUT2D eigenvalue weighted by atomic mass is 10.1. The van der Waals surface area contributed by atoms with E-state index in [-0.39, 0.29) is 18.2 Å². The number of nitrogens with one attached hydrogen (secondary N) is 1. The van der Waals surface area contributed by atoms with Crippen LogP contribution >= 0.6 is 12.2 Å². The number of anilines is 2. The Bertz CT molecular complexity index is 1040. The third-order valence-corrected chi connectivity index (χ3v) is 5.38. The minimum Gasteiger partial charge on any atom is -0.332 e. The lowest BCUT2D eigenvalue weighted by Gasteiger charge is -2.24. The number of hydrogen-bond donors (Lipinski definition) is 1. The Hall–Kier alpha value is -3.51. The SMILES string of the molecule is O=C(CC1C(=O)N(c2ccccc2)C(=S)N1Cc1ccccc1)Nc1ccccc1. The first-order chi connectivity index (χ1) is 14.6. The van der Waals surface area contributed by atoms with Gasteiger partial charge in [0.25, 0.3) is 5.91 Å². The van der Waals surface area contributed by atoms with Crippen LogP contribution in [0.2, 0.25) is 0 Å². The molecule has 1 atom stereocenters. The molecule has 0 spiro atoms. The molecule has 0 bridgehead atoms. The van der Waals surface area contributed by atoms with Crippen LogP contribution in [-0.2, 0) is 16.1 Å². The third kappa shape index (κ3) is 4.23. The topological polar surface area (TPSA) is 52.7 Å². The summed E-state index contributed by atoms with van der Waals surface area (Å²) in [6.07, 6.45) is 0.0179. The van der Waals surface area contributed by atoms with E-state index in [0.717, 1.165) is 5.56 Å². The zero-order valence-electron chi connectivity index (χ0n) is 16.3. The van der Waals surface area contributed by atoms with Gasteiger partial charge in [0, 0.05) is 12.2 Å². The molecule has 4 rings (SSSR count). The average Bonchev–Trinajstić information content (AvgIpc) is 2.99. The molecule has 30 heavy (non-hydrogen) atoms. The molecule has 150 valence electrons. The van der Waals surface area contributed by atoms with E-state index < -0.39 is 6.04 Å². The van der Waals surface area contributed by atoms with Gasteiger partial charge in [-0.2, -0.15) is 0 Å². The maximum Gasteiger partial charge on any atom is 0.256 e. The van der Waals surface area contributed by atoms with Crippen molar-refractivity contribution in [2.75, 3.05) is 10.2 Å². The fourth-order valence-corrected chi connectivity index (χ4v) is 3.90. The zero-order valence-corrected chi connectivity index (χ0v) is 17.1. The molecule has 0 aliphatic carbocycles. The van der Waals surface area contributed by atoms with E-state index in [0.29, 0.717) is 23.0 Å². The third-order valence-electron chi connectivity index (χ3n) is 4.97. The molecule has 0 aromatic heterocycles. The Morgan fingerprint density at radius 1 is 0.867 bits per heavy atom. The highest BCUT2D eigenvalue weighted by Gasteiger charge is 2.44. The van der Waals surface area contributed by atoms with E-state index in [1.165, 1.54) is 4.90 Å². The second-order valence-electron chi connectivity index (χ2n) is 7.04. The van der Waals surface area contributed by atoms with Gasteiger partial charge < -0.3 is 10.2 Å². The fourth-order valence-electron chi connectivity index (χ4n) is 3.52. The van der Waals surface area contributed by atoms with Crippen LogP contribution in [-0.4, -0.2) is 27.9 Å². The molecule has 3 aromatic carbocycles. The summed E-state index contributed by atoms with van der Waals surface area (Å²) in [6, 6.07) is 27.7. The van der Waals surface area contributed by atoms with Crippen molar-refractivity contribution < 1.29 is 9.59 Å². The molecule has 1 saturated heterocycles. The molecule has 1 fully saturated rings. The van der Waals surface area contributed by atoms with Gasteiger partial charge in [0.15, 0.2) is 5.11 Å². The van der Waals surface area contributed by atoms with Gasteiger partial charge in [-0.25, -0.2) is 0 Å². The van der Waals surface area contributed by atoms with Crippen LogP contribution in [0.25, 0.3) is 0 Å². The highest BCUT2D eigenvalue weighted by atomic mass is 32.1. The maximum atomic E-state index is 13.3. The van der Waals surface area contributed by atoms with Gasteiger partial charge in [0.1, 0.15) is 6.04 Å². The van der Waals surface area contributed by atoms with Crippen LogP contribution < -0.4 is 10.2 Å². The van der Waals surface area contributed by atoms with Gasteiger partial charge in [-0.1, -0.05) is 66.7 Å². The molecule has 1 heterocycles. The summed E-state index contributed by atoms with van der Waals surface area (Å²) in [5, 5.41) is 3.27. The Morgan fingerprint density at radius 3 is 2.07 bits per heavy atom. The number of nitrogens with zero attached hydrogens (tertiary/aromatic N) is 2. The second-order valence-corrected chi connectivity index (χ2v) is 7.40. The highest BCUT2D eigenvalue weighted by Crippen LogP contribution is 2.28. The average molecular weight is 416 g/mol. The van der Waals surface area contributed by atoms with Crippen molar-refractivity contribution in [2.24, 2.45) is 0 Å². The molecule has 0 saturated carbocycles. The normalized spacial score (nSPS) is 16.1. The predicted molar refractivity (Wildman–Crippen MR) is 122 cm³/mol. The standard InChI is InChI=1S/C24H21N3O2S/c28-22(25-19-12-6-2-7-13-19)16-21-23(29)27(20-14-8-3-9-15-20)24(30)26(21)17-18-10-4-1-5-11-18/h1-15,21H,16-17H2,(H,25,28). The number of para-hydroxylation sites is 2. The molecule has 5 nitrogen and oxygen atoms in total. The van der Waals surface area contributed by atoms with E-state index in [9.17, 15) is 9.59 Å². The van der Waals surface area contributed by atoms with Gasteiger partial charge in [-0.3, -0.25) is 14.5 Å². The molecule has 1 aliphatic heterocycles. The van der Waals surface area contributed by atoms with Crippen LogP contribution in [0.5, 0.6) is 0 Å². The molecule has 1 N–H and O–H groups in total. The smallest absolute Gasteiger partial charge is 0.256 e. The summed E-state index contributed by atoms with van der Waals surface area (Å²) in [7, 11) is 0. The molecule has 1 aliphatic rings. The minimum atomic E-state index is -0.665. The van der Waals surface area contributed by atoms with E-state index in [4.69, 9.17) is 12.2 Å². The van der Waals surface area contributed by atoms with Crippen LogP contribution in [0.1, 0.15) is 12.0 Å². The summed E-state index contributed by atoms with van der Waals surface area (Å²) >= 11 is 5.68. The molecular weight excluding hydrogens is 394 g/mol. The van der Waals surface area contributed by atoms with Crippen molar-refractivity contribution in [1.29, 1.82) is 0 Å². The van der Waals surface area contributed by atoms with Crippen LogP contribution in [0.15, 0.2) is 91.0 Å². The number of carbonyl (C=O) groups is 2. The molecule has 0 radical (unpaired) electrons. The van der Waals surface area contributed by atoms with Crippen molar-refractivity contribution in [1.82, 2.24) is 4.90 Å². The molecule has 3 aromatic rings. The minimum absolute atomic E-state index is 0.0179. The van der Waals surface area contributed by atoms with Gasteiger partial charge in [0.05, 0.1) is 12.1 Å². The maximum absolute atomic E-state index is 13.3. The van der Waals surface area contributed by atoms with E-state index in [1.807, 2.05) is 95.9 Å². The van der Waals surface area contributed by atoms with E-state index in [2.05, 4.69) is 5.32 Å². The first-order valence-corrected chi connectivity index (χ1v) is 10.1. The van der Waals surface area contributed by atoms with Gasteiger partial charge >= 0.3 is 0 Å². The monoisotopic (exact) mass is 415 g/mol. The van der Waals surface area contributed by atoms with Gasteiger partial charge in [-0.05, 0) is 42.0 Å². The van der Waals surface area contributed by atoms with Crippen molar-refractivity contribution in [2.45, 2.75) is 19.0 Å². The molecular formula is C24H21N3O2S. The number of thiocarbonyl (C=S) groups is 1. The Labute approximate surface area is 180 Å². The van der Waals surface area contributed by atoms with Crippen molar-refractivity contribution >= 4 is 40.5 Å². The lowest BCUT2D eigenvalue weighted by molar-refractivity contribution is -0.124. The molecule has 1 unspecified atom stereocenters.